The van der Waals surface area contributed by atoms with E-state index in [0.29, 0.717) is 0 Å². The van der Waals surface area contributed by atoms with Crippen LogP contribution in [0, 0.1) is 12.8 Å². The summed E-state index contributed by atoms with van der Waals surface area (Å²) < 4.78 is 0. The average Bonchev–Trinajstić information content (AvgIpc) is 1.90. The Hall–Kier alpha value is -0.0400. The van der Waals surface area contributed by atoms with Crippen molar-refractivity contribution < 1.29 is 0 Å². The Bertz CT molecular complexity index is 55.4. The highest BCUT2D eigenvalue weighted by molar-refractivity contribution is 4.68. The van der Waals surface area contributed by atoms with E-state index in [1.54, 1.807) is 0 Å². The average molecular weight is 112 g/mol. The van der Waals surface area contributed by atoms with Gasteiger partial charge in [0.15, 0.2) is 0 Å². The molecule has 8 heavy (non-hydrogen) atoms. The fourth-order valence-corrected chi connectivity index (χ4v) is 1.17. The Kier molecular flexibility index (Phi) is 2.34. The lowest BCUT2D eigenvalue weighted by Gasteiger charge is -2.20. The van der Waals surface area contributed by atoms with Crippen LogP contribution in [-0.4, -0.2) is 13.1 Å². The third kappa shape index (κ3) is 1.48. The van der Waals surface area contributed by atoms with Gasteiger partial charge in [0, 0.05) is 0 Å². The van der Waals surface area contributed by atoms with Crippen LogP contribution in [-0.2, 0) is 0 Å². The highest BCUT2D eigenvalue weighted by Gasteiger charge is 2.08. The summed E-state index contributed by atoms with van der Waals surface area (Å²) in [5.74, 6) is 0.865. The van der Waals surface area contributed by atoms with Crippen molar-refractivity contribution in [1.29, 1.82) is 0 Å². The first kappa shape index (κ1) is 6.09. The van der Waals surface area contributed by atoms with E-state index in [-0.39, 0.29) is 0 Å². The zero-order valence-electron chi connectivity index (χ0n) is 5.32. The summed E-state index contributed by atoms with van der Waals surface area (Å²) in [7, 11) is 0. The van der Waals surface area contributed by atoms with Gasteiger partial charge in [-0.15, -0.1) is 0 Å². The van der Waals surface area contributed by atoms with Crippen molar-refractivity contribution in [2.24, 2.45) is 5.92 Å². The van der Waals surface area contributed by atoms with Gasteiger partial charge < -0.3 is 5.32 Å². The second kappa shape index (κ2) is 3.08. The summed E-state index contributed by atoms with van der Waals surface area (Å²) in [6.45, 7) is 6.29. The van der Waals surface area contributed by atoms with Crippen LogP contribution in [0.4, 0.5) is 0 Å². The van der Waals surface area contributed by atoms with Crippen LogP contribution in [0.3, 0.4) is 0 Å². The zero-order chi connectivity index (χ0) is 5.82. The van der Waals surface area contributed by atoms with Gasteiger partial charge in [0.25, 0.3) is 0 Å². The molecule has 1 fully saturated rings. The maximum atomic E-state index is 3.87. The quantitative estimate of drug-likeness (QED) is 0.537. The van der Waals surface area contributed by atoms with E-state index in [1.807, 2.05) is 0 Å². The van der Waals surface area contributed by atoms with Crippen LogP contribution in [0.5, 0.6) is 0 Å². The minimum absolute atomic E-state index is 0.865. The van der Waals surface area contributed by atoms with Crippen LogP contribution in [0.1, 0.15) is 19.3 Å². The second-order valence-electron chi connectivity index (χ2n) is 2.50. The monoisotopic (exact) mass is 112 g/mol. The number of nitrogens with one attached hydrogen (secondary N) is 1. The first-order chi connectivity index (χ1) is 3.93. The molecule has 0 aliphatic carbocycles. The van der Waals surface area contributed by atoms with Crippen molar-refractivity contribution in [1.82, 2.24) is 5.32 Å². The number of piperidine rings is 1. The standard InChI is InChI=1S/C7H14N/c1-2-7-4-3-5-8-6-7/h7-8H,1-6H2. The number of hydrogen-bond acceptors (Lipinski definition) is 1. The molecule has 0 aromatic carbocycles. The molecule has 0 amide bonds. The van der Waals surface area contributed by atoms with Crippen molar-refractivity contribution in [2.45, 2.75) is 19.3 Å². The summed E-state index contributed by atoms with van der Waals surface area (Å²) in [5.41, 5.74) is 0. The highest BCUT2D eigenvalue weighted by Crippen LogP contribution is 2.11. The summed E-state index contributed by atoms with van der Waals surface area (Å²) in [5, 5.41) is 3.35. The molecule has 1 heteroatoms. The molecule has 1 heterocycles. The molecular weight excluding hydrogens is 98.1 g/mol. The summed E-state index contributed by atoms with van der Waals surface area (Å²) in [4.78, 5) is 0. The fraction of sp³-hybridized carbons (Fsp3) is 0.857. The van der Waals surface area contributed by atoms with E-state index in [1.165, 1.54) is 25.9 Å². The fourth-order valence-electron chi connectivity index (χ4n) is 1.17. The molecule has 1 saturated heterocycles. The van der Waals surface area contributed by atoms with Crippen molar-refractivity contribution in [3.05, 3.63) is 6.92 Å². The molecule has 1 N–H and O–H groups in total. The molecule has 1 aliphatic rings. The lowest BCUT2D eigenvalue weighted by Crippen LogP contribution is -2.29. The Morgan fingerprint density at radius 2 is 2.50 bits per heavy atom. The third-order valence-corrected chi connectivity index (χ3v) is 1.81. The van der Waals surface area contributed by atoms with Gasteiger partial charge in [-0.2, -0.15) is 0 Å². The van der Waals surface area contributed by atoms with E-state index >= 15 is 0 Å². The molecule has 0 bridgehead atoms. The predicted molar refractivity (Wildman–Crippen MR) is 35.6 cm³/mol. The Labute approximate surface area is 51.5 Å². The molecule has 1 radical (unpaired) electrons. The molecule has 1 rings (SSSR count). The molecule has 0 spiro atoms. The van der Waals surface area contributed by atoms with Crippen LogP contribution in [0.25, 0.3) is 0 Å². The molecular formula is C7H14N. The molecule has 1 nitrogen and oxygen atoms in total. The van der Waals surface area contributed by atoms with Gasteiger partial charge >= 0.3 is 0 Å². The Morgan fingerprint density at radius 3 is 2.88 bits per heavy atom. The molecule has 1 unspecified atom stereocenters. The van der Waals surface area contributed by atoms with Crippen LogP contribution in [0.2, 0.25) is 0 Å². The minimum atomic E-state index is 0.865. The topological polar surface area (TPSA) is 12.0 Å². The summed E-state index contributed by atoms with van der Waals surface area (Å²) >= 11 is 0. The summed E-state index contributed by atoms with van der Waals surface area (Å²) in [6.07, 6.45) is 3.84. The maximum Gasteiger partial charge on any atom is -0.00205 e. The third-order valence-electron chi connectivity index (χ3n) is 1.81. The molecule has 0 aromatic heterocycles. The van der Waals surface area contributed by atoms with Gasteiger partial charge in [-0.3, -0.25) is 0 Å². The Morgan fingerprint density at radius 1 is 1.62 bits per heavy atom. The zero-order valence-corrected chi connectivity index (χ0v) is 5.32. The van der Waals surface area contributed by atoms with Crippen LogP contribution >= 0.6 is 0 Å². The van der Waals surface area contributed by atoms with Gasteiger partial charge in [-0.05, 0) is 38.3 Å². The van der Waals surface area contributed by atoms with Gasteiger partial charge in [0.05, 0.1) is 0 Å². The van der Waals surface area contributed by atoms with E-state index in [9.17, 15) is 0 Å². The van der Waals surface area contributed by atoms with Gasteiger partial charge in [-0.1, -0.05) is 6.92 Å². The number of hydrogen-bond donors (Lipinski definition) is 1. The predicted octanol–water partition coefficient (Wildman–Crippen LogP) is 1.21. The SMILES string of the molecule is [CH2]CC1CCCNC1. The van der Waals surface area contributed by atoms with Gasteiger partial charge in [0.1, 0.15) is 0 Å². The van der Waals surface area contributed by atoms with Crippen molar-refractivity contribution in [3.63, 3.8) is 0 Å². The Balaban J connectivity index is 2.13. The normalized spacial score (nSPS) is 30.4. The lowest BCUT2D eigenvalue weighted by atomic mass is 9.97. The van der Waals surface area contributed by atoms with Crippen molar-refractivity contribution in [2.75, 3.05) is 13.1 Å². The first-order valence-corrected chi connectivity index (χ1v) is 3.43. The van der Waals surface area contributed by atoms with Crippen molar-refractivity contribution >= 4 is 0 Å². The van der Waals surface area contributed by atoms with Gasteiger partial charge in [-0.25, -0.2) is 0 Å². The van der Waals surface area contributed by atoms with E-state index in [0.717, 1.165) is 12.3 Å². The number of rotatable bonds is 1. The largest absolute Gasteiger partial charge is 0.316 e. The smallest absolute Gasteiger partial charge is 0.00205 e. The lowest BCUT2D eigenvalue weighted by molar-refractivity contribution is 0.380. The second-order valence-corrected chi connectivity index (χ2v) is 2.50. The van der Waals surface area contributed by atoms with Crippen molar-refractivity contribution in [3.8, 4) is 0 Å². The van der Waals surface area contributed by atoms with Gasteiger partial charge in [0.2, 0.25) is 0 Å². The molecule has 0 saturated carbocycles. The molecule has 1 aliphatic heterocycles. The molecule has 0 aromatic rings. The highest BCUT2D eigenvalue weighted by atomic mass is 14.9. The summed E-state index contributed by atoms with van der Waals surface area (Å²) in [6, 6.07) is 0. The first-order valence-electron chi connectivity index (χ1n) is 3.43. The molecule has 47 valence electrons. The molecule has 1 atom stereocenters. The van der Waals surface area contributed by atoms with E-state index in [4.69, 9.17) is 0 Å². The van der Waals surface area contributed by atoms with Crippen LogP contribution in [0.15, 0.2) is 0 Å². The van der Waals surface area contributed by atoms with E-state index < -0.39 is 0 Å². The minimum Gasteiger partial charge on any atom is -0.316 e. The maximum absolute atomic E-state index is 3.87. The van der Waals surface area contributed by atoms with Crippen LogP contribution < -0.4 is 5.32 Å². The van der Waals surface area contributed by atoms with E-state index in [2.05, 4.69) is 12.2 Å².